The summed E-state index contributed by atoms with van der Waals surface area (Å²) in [6.07, 6.45) is 4.39. The van der Waals surface area contributed by atoms with Crippen LogP contribution < -0.4 is 10.7 Å². The molecule has 1 aromatic carbocycles. The number of benzene rings is 1. The SMILES string of the molecule is CNCCCN1Nc2c(ccc3cnccc23)C1C(=O)O.Cl.Cl. The van der Waals surface area contributed by atoms with E-state index >= 15 is 0 Å². The summed E-state index contributed by atoms with van der Waals surface area (Å²) in [5.74, 6) is -0.834. The quantitative estimate of drug-likeness (QED) is 0.712. The summed E-state index contributed by atoms with van der Waals surface area (Å²) in [6, 6.07) is 5.07. The molecule has 0 spiro atoms. The van der Waals surface area contributed by atoms with Gasteiger partial charge in [0.05, 0.1) is 5.69 Å². The number of nitrogens with zero attached hydrogens (tertiary/aromatic N) is 2. The summed E-state index contributed by atoms with van der Waals surface area (Å²) in [6.45, 7) is 1.52. The molecule has 0 aliphatic carbocycles. The van der Waals surface area contributed by atoms with E-state index in [9.17, 15) is 9.90 Å². The number of hydrazine groups is 1. The summed E-state index contributed by atoms with van der Waals surface area (Å²) in [5.41, 5.74) is 4.96. The monoisotopic (exact) mass is 358 g/mol. The fourth-order valence-electron chi connectivity index (χ4n) is 2.79. The van der Waals surface area contributed by atoms with Crippen molar-refractivity contribution >= 4 is 47.2 Å². The molecule has 0 saturated heterocycles. The number of aliphatic carboxylic acids is 1. The molecule has 1 aliphatic rings. The number of carboxylic acid groups (broad SMARTS) is 1. The maximum Gasteiger partial charge on any atom is 0.327 e. The lowest BCUT2D eigenvalue weighted by molar-refractivity contribution is -0.142. The first-order valence-electron chi connectivity index (χ1n) is 6.99. The fourth-order valence-corrected chi connectivity index (χ4v) is 2.79. The van der Waals surface area contributed by atoms with Gasteiger partial charge in [-0.25, -0.2) is 5.01 Å². The van der Waals surface area contributed by atoms with Crippen LogP contribution in [0.3, 0.4) is 0 Å². The smallest absolute Gasteiger partial charge is 0.327 e. The van der Waals surface area contributed by atoms with Crippen molar-refractivity contribution in [1.29, 1.82) is 0 Å². The molecule has 2 aromatic rings. The molecule has 0 fully saturated rings. The minimum atomic E-state index is -0.834. The van der Waals surface area contributed by atoms with Gasteiger partial charge in [0, 0.05) is 35.3 Å². The molecule has 1 aliphatic heterocycles. The first kappa shape index (κ1) is 19.4. The van der Waals surface area contributed by atoms with E-state index < -0.39 is 12.0 Å². The number of rotatable bonds is 5. The van der Waals surface area contributed by atoms with E-state index in [0.717, 1.165) is 35.0 Å². The topological polar surface area (TPSA) is 77.5 Å². The van der Waals surface area contributed by atoms with Gasteiger partial charge < -0.3 is 15.8 Å². The molecule has 1 atom stereocenters. The normalized spacial score (nSPS) is 16.1. The molecule has 0 amide bonds. The largest absolute Gasteiger partial charge is 0.480 e. The molecular formula is C15H20Cl2N4O2. The maximum atomic E-state index is 11.6. The van der Waals surface area contributed by atoms with Crippen molar-refractivity contribution in [1.82, 2.24) is 15.3 Å². The van der Waals surface area contributed by atoms with Crippen molar-refractivity contribution in [3.05, 3.63) is 36.2 Å². The van der Waals surface area contributed by atoms with Crippen LogP contribution in [0.25, 0.3) is 10.8 Å². The Balaban J connectivity index is 0.00000132. The Bertz CT molecular complexity index is 684. The molecule has 0 radical (unpaired) electrons. The average Bonchev–Trinajstić information content (AvgIpc) is 2.86. The number of carbonyl (C=O) groups is 1. The molecule has 23 heavy (non-hydrogen) atoms. The van der Waals surface area contributed by atoms with Crippen molar-refractivity contribution in [3.8, 4) is 0 Å². The highest BCUT2D eigenvalue weighted by Crippen LogP contribution is 2.39. The molecule has 3 N–H and O–H groups in total. The Morgan fingerprint density at radius 3 is 2.87 bits per heavy atom. The lowest BCUT2D eigenvalue weighted by Gasteiger charge is -2.21. The number of anilines is 1. The lowest BCUT2D eigenvalue weighted by atomic mass is 10.0. The number of aromatic nitrogens is 1. The second-order valence-corrected chi connectivity index (χ2v) is 5.13. The molecule has 2 heterocycles. The standard InChI is InChI=1S/C15H18N4O2.2ClH/c1-16-6-2-8-19-14(15(20)21)12-4-3-10-9-17-7-5-11(10)13(12)18-19;;/h3-5,7,9,14,16,18H,2,6,8H2,1H3,(H,20,21);2*1H. The third kappa shape index (κ3) is 3.67. The van der Waals surface area contributed by atoms with Crippen molar-refractivity contribution in [2.45, 2.75) is 12.5 Å². The number of halogens is 2. The van der Waals surface area contributed by atoms with Gasteiger partial charge in [0.1, 0.15) is 0 Å². The average molecular weight is 359 g/mol. The highest BCUT2D eigenvalue weighted by atomic mass is 35.5. The minimum absolute atomic E-state index is 0. The Kier molecular flexibility index (Phi) is 7.02. The highest BCUT2D eigenvalue weighted by molar-refractivity contribution is 5.98. The van der Waals surface area contributed by atoms with Crippen molar-refractivity contribution in [2.24, 2.45) is 0 Å². The molecule has 0 saturated carbocycles. The Hall–Kier alpha value is -1.60. The van der Waals surface area contributed by atoms with Crippen LogP contribution in [0.5, 0.6) is 0 Å². The van der Waals surface area contributed by atoms with Gasteiger partial charge >= 0.3 is 5.97 Å². The molecule has 1 aromatic heterocycles. The van der Waals surface area contributed by atoms with Crippen molar-refractivity contribution < 1.29 is 9.90 Å². The summed E-state index contributed by atoms with van der Waals surface area (Å²) in [7, 11) is 1.89. The number of carboxylic acids is 1. The van der Waals surface area contributed by atoms with Gasteiger partial charge in [-0.15, -0.1) is 24.8 Å². The van der Waals surface area contributed by atoms with Gasteiger partial charge in [-0.05, 0) is 26.1 Å². The van der Waals surface area contributed by atoms with Gasteiger partial charge in [0.15, 0.2) is 6.04 Å². The van der Waals surface area contributed by atoms with Crippen LogP contribution in [-0.4, -0.2) is 41.2 Å². The number of fused-ring (bicyclic) bond motifs is 3. The fraction of sp³-hybridized carbons (Fsp3) is 0.333. The van der Waals surface area contributed by atoms with Gasteiger partial charge in [-0.1, -0.05) is 12.1 Å². The molecule has 0 bridgehead atoms. The van der Waals surface area contributed by atoms with E-state index in [2.05, 4.69) is 15.7 Å². The molecule has 126 valence electrons. The lowest BCUT2D eigenvalue weighted by Crippen LogP contribution is -2.34. The van der Waals surface area contributed by atoms with E-state index in [1.807, 2.05) is 25.2 Å². The van der Waals surface area contributed by atoms with Gasteiger partial charge in [0.25, 0.3) is 0 Å². The zero-order valence-electron chi connectivity index (χ0n) is 12.7. The van der Waals surface area contributed by atoms with Crippen LogP contribution in [0.15, 0.2) is 30.6 Å². The van der Waals surface area contributed by atoms with E-state index in [1.165, 1.54) is 0 Å². The van der Waals surface area contributed by atoms with Crippen LogP contribution in [0.4, 0.5) is 5.69 Å². The second-order valence-electron chi connectivity index (χ2n) is 5.13. The van der Waals surface area contributed by atoms with E-state index in [4.69, 9.17) is 0 Å². The van der Waals surface area contributed by atoms with Gasteiger partial charge in [-0.2, -0.15) is 0 Å². The number of nitrogens with one attached hydrogen (secondary N) is 2. The molecule has 6 nitrogen and oxygen atoms in total. The Morgan fingerprint density at radius 2 is 2.17 bits per heavy atom. The highest BCUT2D eigenvalue weighted by Gasteiger charge is 2.36. The van der Waals surface area contributed by atoms with E-state index in [0.29, 0.717) is 6.54 Å². The van der Waals surface area contributed by atoms with Crippen LogP contribution >= 0.6 is 24.8 Å². The second kappa shape index (κ2) is 8.31. The third-order valence-electron chi connectivity index (χ3n) is 3.77. The zero-order valence-corrected chi connectivity index (χ0v) is 14.3. The summed E-state index contributed by atoms with van der Waals surface area (Å²) in [5, 5.41) is 16.4. The molecule has 8 heteroatoms. The van der Waals surface area contributed by atoms with Crippen LogP contribution in [0.2, 0.25) is 0 Å². The van der Waals surface area contributed by atoms with E-state index in [1.54, 1.807) is 17.4 Å². The van der Waals surface area contributed by atoms with Crippen LogP contribution in [-0.2, 0) is 4.79 Å². The molecule has 3 rings (SSSR count). The van der Waals surface area contributed by atoms with Gasteiger partial charge in [-0.3, -0.25) is 9.78 Å². The zero-order chi connectivity index (χ0) is 14.8. The Labute approximate surface area is 147 Å². The number of hydrogen-bond acceptors (Lipinski definition) is 5. The number of pyridine rings is 1. The summed E-state index contributed by atoms with van der Waals surface area (Å²) < 4.78 is 0. The van der Waals surface area contributed by atoms with Crippen molar-refractivity contribution in [3.63, 3.8) is 0 Å². The van der Waals surface area contributed by atoms with E-state index in [-0.39, 0.29) is 24.8 Å². The predicted octanol–water partition coefficient (Wildman–Crippen LogP) is 2.46. The minimum Gasteiger partial charge on any atom is -0.480 e. The van der Waals surface area contributed by atoms with Gasteiger partial charge in [0.2, 0.25) is 0 Å². The van der Waals surface area contributed by atoms with Crippen molar-refractivity contribution in [2.75, 3.05) is 25.6 Å². The van der Waals surface area contributed by atoms with Crippen LogP contribution in [0.1, 0.15) is 18.0 Å². The first-order valence-corrected chi connectivity index (χ1v) is 6.99. The molecular weight excluding hydrogens is 339 g/mol. The number of hydrogen-bond donors (Lipinski definition) is 3. The maximum absolute atomic E-state index is 11.6. The summed E-state index contributed by atoms with van der Waals surface area (Å²) >= 11 is 0. The predicted molar refractivity (Wildman–Crippen MR) is 95.5 cm³/mol. The first-order chi connectivity index (χ1) is 10.2. The Morgan fingerprint density at radius 1 is 1.39 bits per heavy atom. The van der Waals surface area contributed by atoms with Crippen LogP contribution in [0, 0.1) is 0 Å². The molecule has 1 unspecified atom stereocenters. The third-order valence-corrected chi connectivity index (χ3v) is 3.77. The summed E-state index contributed by atoms with van der Waals surface area (Å²) in [4.78, 5) is 15.7.